The van der Waals surface area contributed by atoms with Crippen LogP contribution >= 0.6 is 0 Å². The van der Waals surface area contributed by atoms with Crippen LogP contribution in [0.25, 0.3) is 5.95 Å². The fourth-order valence-corrected chi connectivity index (χ4v) is 2.54. The zero-order chi connectivity index (χ0) is 14.8. The third-order valence-electron chi connectivity index (χ3n) is 4.16. The van der Waals surface area contributed by atoms with Gasteiger partial charge in [0.2, 0.25) is 11.9 Å². The van der Waals surface area contributed by atoms with Gasteiger partial charge in [0.1, 0.15) is 0 Å². The molecule has 1 saturated heterocycles. The fraction of sp³-hybridized carbons (Fsp3) is 0.571. The molecule has 2 atom stereocenters. The Bertz CT molecular complexity index is 595. The van der Waals surface area contributed by atoms with Gasteiger partial charge in [-0.1, -0.05) is 13.8 Å². The van der Waals surface area contributed by atoms with Gasteiger partial charge < -0.3 is 10.2 Å². The summed E-state index contributed by atoms with van der Waals surface area (Å²) >= 11 is 0. The van der Waals surface area contributed by atoms with E-state index in [1.807, 2.05) is 19.3 Å². The molecular weight excluding hydrogens is 266 g/mol. The van der Waals surface area contributed by atoms with Gasteiger partial charge in [-0.2, -0.15) is 20.1 Å². The topological polar surface area (TPSA) is 71.8 Å². The van der Waals surface area contributed by atoms with E-state index < -0.39 is 0 Å². The van der Waals surface area contributed by atoms with Crippen LogP contribution in [-0.4, -0.2) is 44.9 Å². The first-order valence-electron chi connectivity index (χ1n) is 7.36. The lowest BCUT2D eigenvalue weighted by Gasteiger charge is -2.35. The molecule has 2 unspecified atom stereocenters. The SMILES string of the molecule is CNc1nc(N2CCC(C)C(C)C2)nc(-n2cccn2)n1. The van der Waals surface area contributed by atoms with E-state index in [9.17, 15) is 0 Å². The average molecular weight is 287 g/mol. The van der Waals surface area contributed by atoms with Crippen LogP contribution in [-0.2, 0) is 0 Å². The predicted molar refractivity (Wildman–Crippen MR) is 81.7 cm³/mol. The summed E-state index contributed by atoms with van der Waals surface area (Å²) in [5.41, 5.74) is 0. The highest BCUT2D eigenvalue weighted by Gasteiger charge is 2.25. The summed E-state index contributed by atoms with van der Waals surface area (Å²) in [5.74, 6) is 3.22. The Labute approximate surface area is 124 Å². The molecule has 0 aliphatic carbocycles. The molecule has 1 N–H and O–H groups in total. The zero-order valence-electron chi connectivity index (χ0n) is 12.7. The van der Waals surface area contributed by atoms with Gasteiger partial charge in [0.05, 0.1) is 0 Å². The second-order valence-corrected chi connectivity index (χ2v) is 5.65. The van der Waals surface area contributed by atoms with Crippen LogP contribution in [0.1, 0.15) is 20.3 Å². The van der Waals surface area contributed by atoms with Crippen molar-refractivity contribution in [2.45, 2.75) is 20.3 Å². The monoisotopic (exact) mass is 287 g/mol. The Morgan fingerprint density at radius 3 is 2.62 bits per heavy atom. The van der Waals surface area contributed by atoms with E-state index in [0.29, 0.717) is 17.8 Å². The molecule has 3 heterocycles. The summed E-state index contributed by atoms with van der Waals surface area (Å²) in [6.45, 7) is 6.55. The average Bonchev–Trinajstić information content (AvgIpc) is 3.04. The highest BCUT2D eigenvalue weighted by molar-refractivity contribution is 5.40. The lowest BCUT2D eigenvalue weighted by molar-refractivity contribution is 0.321. The minimum atomic E-state index is 0.542. The summed E-state index contributed by atoms with van der Waals surface area (Å²) in [7, 11) is 1.81. The second-order valence-electron chi connectivity index (χ2n) is 5.65. The van der Waals surface area contributed by atoms with Crippen molar-refractivity contribution in [3.63, 3.8) is 0 Å². The molecule has 0 radical (unpaired) electrons. The number of rotatable bonds is 3. The Kier molecular flexibility index (Phi) is 3.72. The third kappa shape index (κ3) is 2.81. The molecule has 7 heteroatoms. The van der Waals surface area contributed by atoms with Gasteiger partial charge in [-0.25, -0.2) is 4.68 Å². The van der Waals surface area contributed by atoms with Gasteiger partial charge in [-0.05, 0) is 24.3 Å². The first-order chi connectivity index (χ1) is 10.2. The van der Waals surface area contributed by atoms with Gasteiger partial charge in [0.25, 0.3) is 5.95 Å². The molecule has 0 amide bonds. The number of aromatic nitrogens is 5. The lowest BCUT2D eigenvalue weighted by atomic mass is 9.89. The minimum absolute atomic E-state index is 0.542. The van der Waals surface area contributed by atoms with Crippen LogP contribution in [0, 0.1) is 11.8 Å². The summed E-state index contributed by atoms with van der Waals surface area (Å²) in [6.07, 6.45) is 4.71. The van der Waals surface area contributed by atoms with Crippen molar-refractivity contribution >= 4 is 11.9 Å². The zero-order valence-corrected chi connectivity index (χ0v) is 12.7. The molecule has 112 valence electrons. The van der Waals surface area contributed by atoms with E-state index in [-0.39, 0.29) is 0 Å². The van der Waals surface area contributed by atoms with Crippen molar-refractivity contribution in [1.82, 2.24) is 24.7 Å². The molecular formula is C14H21N7. The highest BCUT2D eigenvalue weighted by Crippen LogP contribution is 2.25. The van der Waals surface area contributed by atoms with Gasteiger partial charge >= 0.3 is 0 Å². The number of nitrogens with one attached hydrogen (secondary N) is 1. The lowest BCUT2D eigenvalue weighted by Crippen LogP contribution is -2.39. The Hall–Kier alpha value is -2.18. The second kappa shape index (κ2) is 5.67. The maximum absolute atomic E-state index is 4.57. The molecule has 2 aromatic heterocycles. The summed E-state index contributed by atoms with van der Waals surface area (Å²) < 4.78 is 1.65. The van der Waals surface area contributed by atoms with Crippen molar-refractivity contribution in [2.75, 3.05) is 30.4 Å². The normalized spacial score (nSPS) is 22.3. The van der Waals surface area contributed by atoms with Crippen LogP contribution in [0.15, 0.2) is 18.5 Å². The molecule has 0 saturated carbocycles. The maximum atomic E-state index is 4.57. The molecule has 2 aromatic rings. The molecule has 1 aliphatic rings. The van der Waals surface area contributed by atoms with Gasteiger partial charge in [0.15, 0.2) is 0 Å². The van der Waals surface area contributed by atoms with Crippen LogP contribution in [0.5, 0.6) is 0 Å². The number of nitrogens with zero attached hydrogens (tertiary/aromatic N) is 6. The molecule has 1 aliphatic heterocycles. The molecule has 0 spiro atoms. The first-order valence-corrected chi connectivity index (χ1v) is 7.36. The van der Waals surface area contributed by atoms with Crippen LogP contribution in [0.3, 0.4) is 0 Å². The largest absolute Gasteiger partial charge is 0.357 e. The van der Waals surface area contributed by atoms with E-state index >= 15 is 0 Å². The van der Waals surface area contributed by atoms with Crippen LogP contribution < -0.4 is 10.2 Å². The Morgan fingerprint density at radius 2 is 1.95 bits per heavy atom. The van der Waals surface area contributed by atoms with E-state index in [2.05, 4.69) is 44.1 Å². The van der Waals surface area contributed by atoms with Crippen molar-refractivity contribution in [1.29, 1.82) is 0 Å². The fourth-order valence-electron chi connectivity index (χ4n) is 2.54. The van der Waals surface area contributed by atoms with Crippen molar-refractivity contribution in [2.24, 2.45) is 11.8 Å². The van der Waals surface area contributed by atoms with Crippen LogP contribution in [0.2, 0.25) is 0 Å². The number of piperidine rings is 1. The number of hydrogen-bond donors (Lipinski definition) is 1. The Balaban J connectivity index is 1.93. The molecule has 3 rings (SSSR count). The first kappa shape index (κ1) is 13.8. The van der Waals surface area contributed by atoms with Crippen molar-refractivity contribution in [3.05, 3.63) is 18.5 Å². The van der Waals surface area contributed by atoms with E-state index in [1.165, 1.54) is 6.42 Å². The molecule has 0 aromatic carbocycles. The van der Waals surface area contributed by atoms with Crippen molar-refractivity contribution < 1.29 is 0 Å². The van der Waals surface area contributed by atoms with Gasteiger partial charge in [-0.3, -0.25) is 0 Å². The number of anilines is 2. The molecule has 1 fully saturated rings. The van der Waals surface area contributed by atoms with Gasteiger partial charge in [0, 0.05) is 32.5 Å². The summed E-state index contributed by atoms with van der Waals surface area (Å²) in [6, 6.07) is 1.85. The quantitative estimate of drug-likeness (QED) is 0.924. The van der Waals surface area contributed by atoms with E-state index in [0.717, 1.165) is 25.0 Å². The van der Waals surface area contributed by atoms with Gasteiger partial charge in [-0.15, -0.1) is 0 Å². The standard InChI is InChI=1S/C14H21N7/c1-10-5-8-20(9-11(10)2)13-17-12(15-3)18-14(19-13)21-7-4-6-16-21/h4,6-7,10-11H,5,8-9H2,1-3H3,(H,15,17,18,19). The maximum Gasteiger partial charge on any atom is 0.257 e. The van der Waals surface area contributed by atoms with E-state index in [1.54, 1.807) is 10.9 Å². The van der Waals surface area contributed by atoms with E-state index in [4.69, 9.17) is 0 Å². The minimum Gasteiger partial charge on any atom is -0.357 e. The van der Waals surface area contributed by atoms with Crippen LogP contribution in [0.4, 0.5) is 11.9 Å². The third-order valence-corrected chi connectivity index (χ3v) is 4.16. The smallest absolute Gasteiger partial charge is 0.257 e. The molecule has 21 heavy (non-hydrogen) atoms. The Morgan fingerprint density at radius 1 is 1.14 bits per heavy atom. The summed E-state index contributed by atoms with van der Waals surface area (Å²) in [4.78, 5) is 15.7. The number of hydrogen-bond acceptors (Lipinski definition) is 6. The molecule has 7 nitrogen and oxygen atoms in total. The van der Waals surface area contributed by atoms with Crippen molar-refractivity contribution in [3.8, 4) is 5.95 Å². The summed E-state index contributed by atoms with van der Waals surface area (Å²) in [5, 5.41) is 7.19. The highest BCUT2D eigenvalue weighted by atomic mass is 15.4. The molecule has 0 bridgehead atoms. The predicted octanol–water partition coefficient (Wildman–Crippen LogP) is 1.58.